The topological polar surface area (TPSA) is 57.1 Å². The average molecular weight is 303 g/mol. The van der Waals surface area contributed by atoms with E-state index in [2.05, 4.69) is 4.99 Å². The van der Waals surface area contributed by atoms with Gasteiger partial charge in [0.25, 0.3) is 0 Å². The van der Waals surface area contributed by atoms with Gasteiger partial charge in [-0.15, -0.1) is 0 Å². The number of nitrogens with zero attached hydrogens (tertiary/aromatic N) is 1. The lowest BCUT2D eigenvalue weighted by molar-refractivity contribution is 0.0245. The zero-order valence-electron chi connectivity index (χ0n) is 12.8. The molecule has 1 aromatic carbocycles. The summed E-state index contributed by atoms with van der Waals surface area (Å²) in [5, 5.41) is 0. The normalized spacial score (nSPS) is 20.6. The third-order valence-electron chi connectivity index (χ3n) is 4.60. The second-order valence-corrected chi connectivity index (χ2v) is 5.88. The van der Waals surface area contributed by atoms with Crippen molar-refractivity contribution in [2.24, 2.45) is 4.99 Å². The van der Waals surface area contributed by atoms with E-state index in [1.807, 2.05) is 18.2 Å². The zero-order chi connectivity index (χ0) is 15.4. The molecule has 0 radical (unpaired) electrons. The van der Waals surface area contributed by atoms with Crippen LogP contribution in [-0.4, -0.2) is 32.5 Å². The molecule has 0 spiro atoms. The number of methoxy groups -OCH3 is 1. The van der Waals surface area contributed by atoms with Gasteiger partial charge >= 0.3 is 0 Å². The highest BCUT2D eigenvalue weighted by atomic mass is 16.5. The Morgan fingerprint density at radius 1 is 1.27 bits per heavy atom. The summed E-state index contributed by atoms with van der Waals surface area (Å²) >= 11 is 0. The monoisotopic (exact) mass is 303 g/mol. The first kappa shape index (κ1) is 15.1. The van der Waals surface area contributed by atoms with E-state index in [4.69, 9.17) is 14.2 Å². The number of ether oxygens (including phenoxy) is 3. The Balaban J connectivity index is 1.82. The van der Waals surface area contributed by atoms with Crippen molar-refractivity contribution in [1.82, 2.24) is 0 Å². The molecule has 5 nitrogen and oxygen atoms in total. The van der Waals surface area contributed by atoms with Gasteiger partial charge in [-0.05, 0) is 37.0 Å². The smallest absolute Gasteiger partial charge is 0.235 e. The summed E-state index contributed by atoms with van der Waals surface area (Å²) in [7, 11) is 1.63. The van der Waals surface area contributed by atoms with Gasteiger partial charge in [-0.3, -0.25) is 0 Å². The third-order valence-corrected chi connectivity index (χ3v) is 4.60. The molecule has 0 bridgehead atoms. The van der Waals surface area contributed by atoms with Crippen LogP contribution < -0.4 is 9.47 Å². The molecule has 0 unspecified atom stereocenters. The summed E-state index contributed by atoms with van der Waals surface area (Å²) in [6, 6.07) is 5.84. The van der Waals surface area contributed by atoms with Crippen LogP contribution in [0.2, 0.25) is 0 Å². The van der Waals surface area contributed by atoms with Gasteiger partial charge in [-0.2, -0.15) is 4.99 Å². The molecule has 0 amide bonds. The summed E-state index contributed by atoms with van der Waals surface area (Å²) in [6.45, 7) is 1.48. The third kappa shape index (κ3) is 2.87. The number of benzene rings is 1. The van der Waals surface area contributed by atoms with Crippen molar-refractivity contribution in [2.45, 2.75) is 43.7 Å². The van der Waals surface area contributed by atoms with E-state index in [0.717, 1.165) is 56.6 Å². The van der Waals surface area contributed by atoms with E-state index < -0.39 is 5.54 Å². The minimum Gasteiger partial charge on any atom is -0.493 e. The van der Waals surface area contributed by atoms with Gasteiger partial charge in [0, 0.05) is 12.8 Å². The van der Waals surface area contributed by atoms with E-state index in [1.165, 1.54) is 0 Å². The first-order chi connectivity index (χ1) is 10.8. The van der Waals surface area contributed by atoms with Crippen LogP contribution in [0.25, 0.3) is 0 Å². The van der Waals surface area contributed by atoms with Crippen LogP contribution >= 0.6 is 0 Å². The fourth-order valence-corrected chi connectivity index (χ4v) is 3.09. The lowest BCUT2D eigenvalue weighted by Crippen LogP contribution is -2.32. The number of rotatable bonds is 5. The molecule has 118 valence electrons. The van der Waals surface area contributed by atoms with Crippen molar-refractivity contribution in [3.63, 3.8) is 0 Å². The van der Waals surface area contributed by atoms with Gasteiger partial charge in [-0.25, -0.2) is 4.79 Å². The van der Waals surface area contributed by atoms with Crippen molar-refractivity contribution in [3.05, 3.63) is 23.8 Å². The molecule has 2 fully saturated rings. The van der Waals surface area contributed by atoms with Gasteiger partial charge in [-0.1, -0.05) is 6.07 Å². The number of isocyanates is 1. The van der Waals surface area contributed by atoms with Gasteiger partial charge in [0.2, 0.25) is 6.08 Å². The first-order valence-electron chi connectivity index (χ1n) is 7.79. The molecule has 1 aromatic rings. The van der Waals surface area contributed by atoms with Crippen LogP contribution in [0, 0.1) is 0 Å². The second kappa shape index (κ2) is 6.51. The van der Waals surface area contributed by atoms with Gasteiger partial charge < -0.3 is 14.2 Å². The van der Waals surface area contributed by atoms with Crippen molar-refractivity contribution in [2.75, 3.05) is 20.3 Å². The summed E-state index contributed by atoms with van der Waals surface area (Å²) in [5.41, 5.74) is 0.588. The molecule has 22 heavy (non-hydrogen) atoms. The Morgan fingerprint density at radius 2 is 2.05 bits per heavy atom. The van der Waals surface area contributed by atoms with Crippen LogP contribution in [0.3, 0.4) is 0 Å². The second-order valence-electron chi connectivity index (χ2n) is 5.88. The van der Waals surface area contributed by atoms with Crippen molar-refractivity contribution >= 4 is 6.08 Å². The maximum Gasteiger partial charge on any atom is 0.235 e. The average Bonchev–Trinajstić information content (AvgIpc) is 2.52. The fraction of sp³-hybridized carbons (Fsp3) is 0.588. The SMILES string of the molecule is COc1cc(C2(N=C=O)CCC2)ccc1OC1CCOCC1. The minimum absolute atomic E-state index is 0.166. The number of aliphatic imine (C=N–C) groups is 1. The van der Waals surface area contributed by atoms with Crippen LogP contribution in [0.15, 0.2) is 23.2 Å². The standard InChI is InChI=1S/C17H21NO4/c1-20-16-11-13(17(18-12-19)7-2-8-17)3-4-15(16)22-14-5-9-21-10-6-14/h3-4,11,14H,2,5-10H2,1H3. The van der Waals surface area contributed by atoms with Crippen molar-refractivity contribution < 1.29 is 19.0 Å². The molecule has 0 N–H and O–H groups in total. The highest BCUT2D eigenvalue weighted by Gasteiger charge is 2.39. The number of hydrogen-bond acceptors (Lipinski definition) is 5. The number of carbonyl (C=O) groups excluding carboxylic acids is 1. The molecule has 1 aliphatic heterocycles. The van der Waals surface area contributed by atoms with Gasteiger partial charge in [0.05, 0.1) is 25.9 Å². The van der Waals surface area contributed by atoms with E-state index in [-0.39, 0.29) is 6.10 Å². The lowest BCUT2D eigenvalue weighted by Gasteiger charge is -2.37. The largest absolute Gasteiger partial charge is 0.493 e. The van der Waals surface area contributed by atoms with Gasteiger partial charge in [0.1, 0.15) is 6.10 Å². The molecule has 5 heteroatoms. The molecule has 1 aliphatic carbocycles. The zero-order valence-corrected chi connectivity index (χ0v) is 12.8. The predicted octanol–water partition coefficient (Wildman–Crippen LogP) is 2.97. The summed E-state index contributed by atoms with van der Waals surface area (Å²) in [4.78, 5) is 14.7. The Hall–Kier alpha value is -1.84. The molecule has 1 heterocycles. The summed E-state index contributed by atoms with van der Waals surface area (Å²) in [6.07, 6.45) is 6.51. The van der Waals surface area contributed by atoms with E-state index in [0.29, 0.717) is 5.75 Å². The van der Waals surface area contributed by atoms with Crippen LogP contribution in [-0.2, 0) is 15.1 Å². The van der Waals surface area contributed by atoms with Crippen LogP contribution in [0.4, 0.5) is 0 Å². The maximum atomic E-state index is 10.7. The summed E-state index contributed by atoms with van der Waals surface area (Å²) < 4.78 is 16.9. The Morgan fingerprint density at radius 3 is 2.64 bits per heavy atom. The van der Waals surface area contributed by atoms with E-state index >= 15 is 0 Å². The van der Waals surface area contributed by atoms with E-state index in [9.17, 15) is 4.79 Å². The molecular weight excluding hydrogens is 282 g/mol. The Bertz CT molecular complexity index is 570. The summed E-state index contributed by atoms with van der Waals surface area (Å²) in [5.74, 6) is 1.43. The highest BCUT2D eigenvalue weighted by molar-refractivity contribution is 5.47. The van der Waals surface area contributed by atoms with Crippen molar-refractivity contribution in [1.29, 1.82) is 0 Å². The minimum atomic E-state index is -0.410. The van der Waals surface area contributed by atoms with Crippen LogP contribution in [0.1, 0.15) is 37.7 Å². The van der Waals surface area contributed by atoms with E-state index in [1.54, 1.807) is 13.2 Å². The quantitative estimate of drug-likeness (QED) is 0.620. The molecule has 1 saturated carbocycles. The fourth-order valence-electron chi connectivity index (χ4n) is 3.09. The van der Waals surface area contributed by atoms with Gasteiger partial charge in [0.15, 0.2) is 11.5 Å². The predicted molar refractivity (Wildman–Crippen MR) is 81.1 cm³/mol. The number of hydrogen-bond donors (Lipinski definition) is 0. The Kier molecular flexibility index (Phi) is 4.46. The van der Waals surface area contributed by atoms with Crippen molar-refractivity contribution in [3.8, 4) is 11.5 Å². The Labute approximate surface area is 130 Å². The first-order valence-corrected chi connectivity index (χ1v) is 7.79. The molecule has 0 atom stereocenters. The molecule has 2 aliphatic rings. The molecule has 0 aromatic heterocycles. The molecule has 1 saturated heterocycles. The molecule has 3 rings (SSSR count). The highest BCUT2D eigenvalue weighted by Crippen LogP contribution is 2.46. The molecular formula is C17H21NO4. The lowest BCUT2D eigenvalue weighted by atomic mass is 9.72. The maximum absolute atomic E-state index is 10.7. The van der Waals surface area contributed by atoms with Crippen LogP contribution in [0.5, 0.6) is 11.5 Å².